The van der Waals surface area contributed by atoms with E-state index in [1.54, 1.807) is 0 Å². The van der Waals surface area contributed by atoms with Gasteiger partial charge in [0.1, 0.15) is 0 Å². The summed E-state index contributed by atoms with van der Waals surface area (Å²) in [5.41, 5.74) is 0. The third-order valence-corrected chi connectivity index (χ3v) is 3.89. The molecule has 0 bridgehead atoms. The van der Waals surface area contributed by atoms with Crippen molar-refractivity contribution in [2.75, 3.05) is 13.1 Å². The zero-order valence-electron chi connectivity index (χ0n) is 9.39. The fourth-order valence-electron chi connectivity index (χ4n) is 2.73. The highest BCUT2D eigenvalue weighted by molar-refractivity contribution is 4.86. The van der Waals surface area contributed by atoms with Crippen LogP contribution in [0.1, 0.15) is 45.4 Å². The van der Waals surface area contributed by atoms with Crippen LogP contribution in [-0.2, 0) is 0 Å². The summed E-state index contributed by atoms with van der Waals surface area (Å²) in [6.07, 6.45) is 8.75. The van der Waals surface area contributed by atoms with Crippen LogP contribution in [0.2, 0.25) is 0 Å². The van der Waals surface area contributed by atoms with E-state index in [1.165, 1.54) is 51.6 Å². The van der Waals surface area contributed by atoms with Crippen LogP contribution in [0.15, 0.2) is 0 Å². The van der Waals surface area contributed by atoms with Crippen LogP contribution in [0, 0.1) is 5.92 Å². The highest BCUT2D eigenvalue weighted by Crippen LogP contribution is 2.25. The fraction of sp³-hybridized carbons (Fsp3) is 1.00. The monoisotopic (exact) mass is 196 g/mol. The van der Waals surface area contributed by atoms with Gasteiger partial charge in [-0.2, -0.15) is 0 Å². The van der Waals surface area contributed by atoms with Crippen molar-refractivity contribution >= 4 is 0 Å². The van der Waals surface area contributed by atoms with Gasteiger partial charge in [-0.05, 0) is 25.7 Å². The Morgan fingerprint density at radius 2 is 1.71 bits per heavy atom. The molecule has 1 saturated heterocycles. The van der Waals surface area contributed by atoms with E-state index in [-0.39, 0.29) is 0 Å². The van der Waals surface area contributed by atoms with Gasteiger partial charge in [0.25, 0.3) is 0 Å². The first-order valence-electron chi connectivity index (χ1n) is 6.33. The average molecular weight is 196 g/mol. The average Bonchev–Trinajstić information content (AvgIpc) is 2.38. The molecule has 2 fully saturated rings. The van der Waals surface area contributed by atoms with Gasteiger partial charge < -0.3 is 10.6 Å². The Morgan fingerprint density at radius 3 is 2.21 bits per heavy atom. The third kappa shape index (κ3) is 2.71. The van der Waals surface area contributed by atoms with Gasteiger partial charge in [-0.25, -0.2) is 0 Å². The van der Waals surface area contributed by atoms with Gasteiger partial charge in [-0.15, -0.1) is 0 Å². The predicted molar refractivity (Wildman–Crippen MR) is 60.4 cm³/mol. The second kappa shape index (κ2) is 5.13. The van der Waals surface area contributed by atoms with E-state index < -0.39 is 0 Å². The Morgan fingerprint density at radius 1 is 1.07 bits per heavy atom. The molecular weight excluding hydrogens is 172 g/mol. The van der Waals surface area contributed by atoms with Crippen molar-refractivity contribution in [1.82, 2.24) is 10.6 Å². The summed E-state index contributed by atoms with van der Waals surface area (Å²) in [6.45, 7) is 4.74. The van der Waals surface area contributed by atoms with Gasteiger partial charge in [-0.3, -0.25) is 0 Å². The van der Waals surface area contributed by atoms with Gasteiger partial charge in [0, 0.05) is 25.2 Å². The molecule has 1 aliphatic carbocycles. The molecule has 2 N–H and O–H groups in total. The third-order valence-electron chi connectivity index (χ3n) is 3.89. The van der Waals surface area contributed by atoms with Crippen LogP contribution >= 0.6 is 0 Å². The Kier molecular flexibility index (Phi) is 3.82. The number of hydrogen-bond donors (Lipinski definition) is 2. The second-order valence-electron chi connectivity index (χ2n) is 5.06. The summed E-state index contributed by atoms with van der Waals surface area (Å²) in [5, 5.41) is 7.07. The summed E-state index contributed by atoms with van der Waals surface area (Å²) < 4.78 is 0. The first-order valence-corrected chi connectivity index (χ1v) is 6.33. The predicted octanol–water partition coefficient (Wildman–Crippen LogP) is 1.91. The maximum absolute atomic E-state index is 3.75. The number of hydrogen-bond acceptors (Lipinski definition) is 2. The zero-order valence-corrected chi connectivity index (χ0v) is 9.39. The van der Waals surface area contributed by atoms with Crippen molar-refractivity contribution < 1.29 is 0 Å². The van der Waals surface area contributed by atoms with Gasteiger partial charge >= 0.3 is 0 Å². The van der Waals surface area contributed by atoms with E-state index in [9.17, 15) is 0 Å². The molecule has 1 atom stereocenters. The lowest BCUT2D eigenvalue weighted by Gasteiger charge is -2.34. The van der Waals surface area contributed by atoms with Crippen LogP contribution in [0.25, 0.3) is 0 Å². The normalized spacial score (nSPS) is 28.1. The van der Waals surface area contributed by atoms with Gasteiger partial charge in [0.2, 0.25) is 0 Å². The van der Waals surface area contributed by atoms with Crippen molar-refractivity contribution in [2.45, 2.75) is 57.5 Å². The van der Waals surface area contributed by atoms with E-state index in [4.69, 9.17) is 0 Å². The summed E-state index contributed by atoms with van der Waals surface area (Å²) in [4.78, 5) is 0. The van der Waals surface area contributed by atoms with E-state index in [0.717, 1.165) is 18.0 Å². The van der Waals surface area contributed by atoms with Crippen LogP contribution in [-0.4, -0.2) is 25.2 Å². The van der Waals surface area contributed by atoms with E-state index in [1.807, 2.05) is 0 Å². The maximum Gasteiger partial charge on any atom is 0.0319 e. The van der Waals surface area contributed by atoms with Crippen LogP contribution < -0.4 is 10.6 Å². The van der Waals surface area contributed by atoms with Crippen LogP contribution in [0.3, 0.4) is 0 Å². The first kappa shape index (κ1) is 10.4. The topological polar surface area (TPSA) is 24.1 Å². The van der Waals surface area contributed by atoms with Gasteiger partial charge in [0.15, 0.2) is 0 Å². The highest BCUT2D eigenvalue weighted by atomic mass is 15.1. The molecule has 0 radical (unpaired) electrons. The Hall–Kier alpha value is -0.0800. The second-order valence-corrected chi connectivity index (χ2v) is 5.06. The summed E-state index contributed by atoms with van der Waals surface area (Å²) >= 11 is 0. The largest absolute Gasteiger partial charge is 0.314 e. The van der Waals surface area contributed by atoms with Crippen molar-refractivity contribution in [1.29, 1.82) is 0 Å². The summed E-state index contributed by atoms with van der Waals surface area (Å²) in [6, 6.07) is 1.49. The summed E-state index contributed by atoms with van der Waals surface area (Å²) in [5.74, 6) is 0.943. The molecule has 2 heteroatoms. The molecule has 82 valence electrons. The molecule has 0 unspecified atom stereocenters. The Labute approximate surface area is 87.8 Å². The maximum atomic E-state index is 3.75. The van der Waals surface area contributed by atoms with E-state index in [0.29, 0.717) is 0 Å². The minimum absolute atomic E-state index is 0.736. The summed E-state index contributed by atoms with van der Waals surface area (Å²) in [7, 11) is 0. The molecule has 1 saturated carbocycles. The smallest absolute Gasteiger partial charge is 0.0319 e. The van der Waals surface area contributed by atoms with Crippen molar-refractivity contribution in [3.63, 3.8) is 0 Å². The van der Waals surface area contributed by atoms with Gasteiger partial charge in [-0.1, -0.05) is 25.7 Å². The van der Waals surface area contributed by atoms with Crippen molar-refractivity contribution in [2.24, 2.45) is 5.92 Å². The molecule has 1 aliphatic heterocycles. The Bertz CT molecular complexity index is 158. The number of rotatable bonds is 3. The molecule has 1 heterocycles. The van der Waals surface area contributed by atoms with Crippen molar-refractivity contribution in [3.8, 4) is 0 Å². The molecule has 0 amide bonds. The zero-order chi connectivity index (χ0) is 9.80. The highest BCUT2D eigenvalue weighted by Gasteiger charge is 2.23. The standard InChI is InChI=1S/C12H24N2/c1-10(14-12-8-13-9-12)11-6-4-2-3-5-7-11/h10-14H,2-9H2,1H3/t10-/m1/s1. The fourth-order valence-corrected chi connectivity index (χ4v) is 2.73. The molecule has 14 heavy (non-hydrogen) atoms. The lowest BCUT2D eigenvalue weighted by molar-refractivity contribution is 0.267. The molecule has 0 spiro atoms. The van der Waals surface area contributed by atoms with E-state index >= 15 is 0 Å². The molecular formula is C12H24N2. The minimum atomic E-state index is 0.736. The lowest BCUT2D eigenvalue weighted by Crippen LogP contribution is -2.58. The molecule has 0 aromatic heterocycles. The molecule has 0 aromatic carbocycles. The molecule has 2 aliphatic rings. The van der Waals surface area contributed by atoms with Crippen LogP contribution in [0.4, 0.5) is 0 Å². The quantitative estimate of drug-likeness (QED) is 0.674. The van der Waals surface area contributed by atoms with E-state index in [2.05, 4.69) is 17.6 Å². The molecule has 2 nitrogen and oxygen atoms in total. The van der Waals surface area contributed by atoms with Gasteiger partial charge in [0.05, 0.1) is 0 Å². The molecule has 2 rings (SSSR count). The molecule has 0 aromatic rings. The van der Waals surface area contributed by atoms with Crippen molar-refractivity contribution in [3.05, 3.63) is 0 Å². The SMILES string of the molecule is C[C@@H](NC1CNC1)C1CCCCCC1. The van der Waals surface area contributed by atoms with Crippen LogP contribution in [0.5, 0.6) is 0 Å². The minimum Gasteiger partial charge on any atom is -0.314 e. The first-order chi connectivity index (χ1) is 6.86. The number of nitrogens with one attached hydrogen (secondary N) is 2. The Balaban J connectivity index is 1.73. The lowest BCUT2D eigenvalue weighted by atomic mass is 9.92.